The van der Waals surface area contributed by atoms with Crippen LogP contribution < -0.4 is 5.32 Å². The van der Waals surface area contributed by atoms with Gasteiger partial charge in [0.25, 0.3) is 5.91 Å². The highest BCUT2D eigenvalue weighted by Gasteiger charge is 2.23. The maximum Gasteiger partial charge on any atom is 0.253 e. The third kappa shape index (κ3) is 3.13. The van der Waals surface area contributed by atoms with Gasteiger partial charge in [0.05, 0.1) is 0 Å². The van der Waals surface area contributed by atoms with Gasteiger partial charge in [0, 0.05) is 31.7 Å². The molecule has 2 heterocycles. The van der Waals surface area contributed by atoms with E-state index in [4.69, 9.17) is 0 Å². The molecule has 1 N–H and O–H groups in total. The van der Waals surface area contributed by atoms with E-state index < -0.39 is 0 Å². The maximum atomic E-state index is 12.7. The molecule has 3 rings (SSSR count). The SMILES string of the molecule is CC(C)C1CCCN(C(=O)c2ccc3c(c2)CNC3)CC1. The lowest BCUT2D eigenvalue weighted by atomic mass is 9.89. The monoisotopic (exact) mass is 286 g/mol. The van der Waals surface area contributed by atoms with Gasteiger partial charge in [-0.2, -0.15) is 0 Å². The number of nitrogens with zero attached hydrogens (tertiary/aromatic N) is 1. The second kappa shape index (κ2) is 6.18. The Bertz CT molecular complexity index is 524. The number of carbonyl (C=O) groups excluding carboxylic acids is 1. The van der Waals surface area contributed by atoms with Crippen molar-refractivity contribution in [3.05, 3.63) is 34.9 Å². The molecular weight excluding hydrogens is 260 g/mol. The number of hydrogen-bond donors (Lipinski definition) is 1. The number of carbonyl (C=O) groups is 1. The number of likely N-dealkylation sites (tertiary alicyclic amines) is 1. The largest absolute Gasteiger partial charge is 0.339 e. The fourth-order valence-electron chi connectivity index (χ4n) is 3.60. The van der Waals surface area contributed by atoms with E-state index in [0.29, 0.717) is 0 Å². The molecule has 1 fully saturated rings. The van der Waals surface area contributed by atoms with Gasteiger partial charge in [-0.15, -0.1) is 0 Å². The third-order valence-corrected chi connectivity index (χ3v) is 5.09. The molecule has 1 atom stereocenters. The molecule has 0 radical (unpaired) electrons. The quantitative estimate of drug-likeness (QED) is 0.905. The summed E-state index contributed by atoms with van der Waals surface area (Å²) in [5.74, 6) is 1.72. The molecule has 0 saturated carbocycles. The van der Waals surface area contributed by atoms with Gasteiger partial charge >= 0.3 is 0 Å². The average Bonchev–Trinajstić information content (AvgIpc) is 2.80. The molecule has 114 valence electrons. The van der Waals surface area contributed by atoms with Crippen molar-refractivity contribution in [2.75, 3.05) is 13.1 Å². The van der Waals surface area contributed by atoms with Crippen molar-refractivity contribution in [2.45, 2.75) is 46.2 Å². The summed E-state index contributed by atoms with van der Waals surface area (Å²) in [6.07, 6.45) is 3.55. The van der Waals surface area contributed by atoms with Gasteiger partial charge in [0.2, 0.25) is 0 Å². The van der Waals surface area contributed by atoms with Crippen LogP contribution in [0.5, 0.6) is 0 Å². The average molecular weight is 286 g/mol. The zero-order valence-corrected chi connectivity index (χ0v) is 13.2. The summed E-state index contributed by atoms with van der Waals surface area (Å²) in [7, 11) is 0. The molecule has 1 aromatic rings. The van der Waals surface area contributed by atoms with E-state index in [-0.39, 0.29) is 5.91 Å². The first-order chi connectivity index (χ1) is 10.1. The lowest BCUT2D eigenvalue weighted by Gasteiger charge is -2.22. The standard InChI is InChI=1S/C18H26N2O/c1-13(2)14-4-3-8-20(9-7-14)18(21)15-5-6-16-11-19-12-17(16)10-15/h5-6,10,13-14,19H,3-4,7-9,11-12H2,1-2H3. The van der Waals surface area contributed by atoms with Gasteiger partial charge in [-0.1, -0.05) is 19.9 Å². The molecule has 0 aromatic heterocycles. The second-order valence-electron chi connectivity index (χ2n) is 6.81. The molecule has 21 heavy (non-hydrogen) atoms. The lowest BCUT2D eigenvalue weighted by Crippen LogP contribution is -2.32. The van der Waals surface area contributed by atoms with Crippen molar-refractivity contribution in [3.8, 4) is 0 Å². The normalized spacial score (nSPS) is 22.2. The van der Waals surface area contributed by atoms with Crippen molar-refractivity contribution in [2.24, 2.45) is 11.8 Å². The topological polar surface area (TPSA) is 32.3 Å². The Labute approximate surface area is 127 Å². The molecule has 0 spiro atoms. The van der Waals surface area contributed by atoms with Crippen LogP contribution in [0.4, 0.5) is 0 Å². The number of benzene rings is 1. The van der Waals surface area contributed by atoms with Crippen LogP contribution in [-0.4, -0.2) is 23.9 Å². The Morgan fingerprint density at radius 2 is 2.00 bits per heavy atom. The molecular formula is C18H26N2O. The summed E-state index contributed by atoms with van der Waals surface area (Å²) in [5.41, 5.74) is 3.48. The van der Waals surface area contributed by atoms with E-state index in [2.05, 4.69) is 36.2 Å². The zero-order chi connectivity index (χ0) is 14.8. The zero-order valence-electron chi connectivity index (χ0n) is 13.2. The van der Waals surface area contributed by atoms with E-state index in [1.165, 1.54) is 17.5 Å². The summed E-state index contributed by atoms with van der Waals surface area (Å²) in [4.78, 5) is 14.8. The summed E-state index contributed by atoms with van der Waals surface area (Å²) >= 11 is 0. The van der Waals surface area contributed by atoms with Crippen molar-refractivity contribution >= 4 is 5.91 Å². The Morgan fingerprint density at radius 1 is 1.19 bits per heavy atom. The molecule has 1 saturated heterocycles. The van der Waals surface area contributed by atoms with Crippen LogP contribution in [-0.2, 0) is 13.1 Å². The molecule has 0 aliphatic carbocycles. The van der Waals surface area contributed by atoms with Crippen LogP contribution in [0.25, 0.3) is 0 Å². The van der Waals surface area contributed by atoms with Gasteiger partial charge in [-0.3, -0.25) is 4.79 Å². The van der Waals surface area contributed by atoms with E-state index in [1.54, 1.807) is 0 Å². The minimum absolute atomic E-state index is 0.217. The van der Waals surface area contributed by atoms with Crippen LogP contribution in [0.15, 0.2) is 18.2 Å². The highest BCUT2D eigenvalue weighted by molar-refractivity contribution is 5.94. The lowest BCUT2D eigenvalue weighted by molar-refractivity contribution is 0.0758. The summed E-state index contributed by atoms with van der Waals surface area (Å²) in [6.45, 7) is 8.26. The Morgan fingerprint density at radius 3 is 2.81 bits per heavy atom. The molecule has 0 bridgehead atoms. The highest BCUT2D eigenvalue weighted by atomic mass is 16.2. The van der Waals surface area contributed by atoms with Crippen LogP contribution >= 0.6 is 0 Å². The second-order valence-corrected chi connectivity index (χ2v) is 6.81. The number of amides is 1. The summed E-state index contributed by atoms with van der Waals surface area (Å²) < 4.78 is 0. The predicted octanol–water partition coefficient (Wildman–Crippen LogP) is 3.19. The molecule has 1 amide bonds. The number of fused-ring (bicyclic) bond motifs is 1. The smallest absolute Gasteiger partial charge is 0.253 e. The van der Waals surface area contributed by atoms with E-state index in [0.717, 1.165) is 56.4 Å². The molecule has 2 aliphatic rings. The highest BCUT2D eigenvalue weighted by Crippen LogP contribution is 2.26. The van der Waals surface area contributed by atoms with Gasteiger partial charge in [-0.05, 0) is 54.4 Å². The van der Waals surface area contributed by atoms with Gasteiger partial charge < -0.3 is 10.2 Å². The molecule has 1 unspecified atom stereocenters. The van der Waals surface area contributed by atoms with E-state index in [9.17, 15) is 4.79 Å². The fraction of sp³-hybridized carbons (Fsp3) is 0.611. The van der Waals surface area contributed by atoms with Gasteiger partial charge in [0.15, 0.2) is 0 Å². The van der Waals surface area contributed by atoms with Crippen molar-refractivity contribution in [1.29, 1.82) is 0 Å². The van der Waals surface area contributed by atoms with Crippen LogP contribution in [0, 0.1) is 11.8 Å². The molecule has 3 heteroatoms. The molecule has 1 aromatic carbocycles. The molecule has 2 aliphatic heterocycles. The van der Waals surface area contributed by atoms with E-state index in [1.807, 2.05) is 6.07 Å². The third-order valence-electron chi connectivity index (χ3n) is 5.09. The summed E-state index contributed by atoms with van der Waals surface area (Å²) in [6, 6.07) is 6.19. The first-order valence-corrected chi connectivity index (χ1v) is 8.27. The first-order valence-electron chi connectivity index (χ1n) is 8.27. The minimum atomic E-state index is 0.217. The first kappa shape index (κ1) is 14.6. The maximum absolute atomic E-state index is 12.7. The van der Waals surface area contributed by atoms with E-state index >= 15 is 0 Å². The van der Waals surface area contributed by atoms with Crippen LogP contribution in [0.1, 0.15) is 54.6 Å². The molecule has 3 nitrogen and oxygen atoms in total. The number of nitrogens with one attached hydrogen (secondary N) is 1. The van der Waals surface area contributed by atoms with Gasteiger partial charge in [-0.25, -0.2) is 0 Å². The Balaban J connectivity index is 1.70. The minimum Gasteiger partial charge on any atom is -0.339 e. The Kier molecular flexibility index (Phi) is 4.29. The fourth-order valence-corrected chi connectivity index (χ4v) is 3.60. The predicted molar refractivity (Wildman–Crippen MR) is 85.1 cm³/mol. The Hall–Kier alpha value is -1.35. The number of hydrogen-bond acceptors (Lipinski definition) is 2. The van der Waals surface area contributed by atoms with Crippen molar-refractivity contribution < 1.29 is 4.79 Å². The van der Waals surface area contributed by atoms with Gasteiger partial charge in [0.1, 0.15) is 0 Å². The van der Waals surface area contributed by atoms with Crippen LogP contribution in [0.3, 0.4) is 0 Å². The van der Waals surface area contributed by atoms with Crippen molar-refractivity contribution in [3.63, 3.8) is 0 Å². The van der Waals surface area contributed by atoms with Crippen LogP contribution in [0.2, 0.25) is 0 Å². The summed E-state index contributed by atoms with van der Waals surface area (Å²) in [5, 5.41) is 3.34. The van der Waals surface area contributed by atoms with Crippen molar-refractivity contribution in [1.82, 2.24) is 10.2 Å². The number of rotatable bonds is 2.